The molecule has 0 aliphatic heterocycles. The molecule has 0 aromatic carbocycles. The maximum absolute atomic E-state index is 11.9. The number of rotatable bonds is 8. The highest BCUT2D eigenvalue weighted by atomic mass is 16.5. The molecular formula is C15H29NO3. The first-order valence-corrected chi connectivity index (χ1v) is 7.56. The quantitative estimate of drug-likeness (QED) is 0.544. The minimum atomic E-state index is -0.636. The van der Waals surface area contributed by atoms with Crippen molar-refractivity contribution in [3.63, 3.8) is 0 Å². The molecule has 0 heterocycles. The van der Waals surface area contributed by atoms with Crippen molar-refractivity contribution in [2.75, 3.05) is 26.9 Å². The van der Waals surface area contributed by atoms with Crippen molar-refractivity contribution in [2.45, 2.75) is 57.9 Å². The number of hydrogen-bond acceptors (Lipinski definition) is 4. The zero-order chi connectivity index (χ0) is 14.1. The summed E-state index contributed by atoms with van der Waals surface area (Å²) in [7, 11) is 1.79. The maximum atomic E-state index is 11.9. The number of likely N-dealkylation sites (N-methyl/N-ethyl adjacent to an activating group) is 1. The Bertz CT molecular complexity index is 264. The first kappa shape index (κ1) is 16.4. The average molecular weight is 271 g/mol. The van der Waals surface area contributed by atoms with Gasteiger partial charge in [0, 0.05) is 13.2 Å². The van der Waals surface area contributed by atoms with Gasteiger partial charge in [0.25, 0.3) is 0 Å². The lowest BCUT2D eigenvalue weighted by atomic mass is 9.90. The van der Waals surface area contributed by atoms with E-state index in [1.807, 2.05) is 13.8 Å². The molecule has 1 aliphatic carbocycles. The summed E-state index contributed by atoms with van der Waals surface area (Å²) in [6, 6.07) is 0. The number of hydrogen-bond donors (Lipinski definition) is 1. The highest BCUT2D eigenvalue weighted by Crippen LogP contribution is 2.24. The van der Waals surface area contributed by atoms with E-state index in [4.69, 9.17) is 9.47 Å². The van der Waals surface area contributed by atoms with Crippen LogP contribution in [-0.4, -0.2) is 38.4 Å². The molecule has 1 atom stereocenters. The van der Waals surface area contributed by atoms with Crippen molar-refractivity contribution in [1.82, 2.24) is 5.32 Å². The first-order chi connectivity index (χ1) is 9.12. The van der Waals surface area contributed by atoms with E-state index in [0.29, 0.717) is 19.6 Å². The Morgan fingerprint density at radius 2 is 2.00 bits per heavy atom. The molecule has 1 N–H and O–H groups in total. The fourth-order valence-electron chi connectivity index (χ4n) is 2.50. The Balaban J connectivity index is 2.23. The summed E-state index contributed by atoms with van der Waals surface area (Å²) in [4.78, 5) is 11.9. The van der Waals surface area contributed by atoms with Crippen LogP contribution in [0.1, 0.15) is 52.4 Å². The largest absolute Gasteiger partial charge is 0.465 e. The Kier molecular flexibility index (Phi) is 7.39. The maximum Gasteiger partial charge on any atom is 0.326 e. The summed E-state index contributed by atoms with van der Waals surface area (Å²) in [5, 5.41) is 3.05. The lowest BCUT2D eigenvalue weighted by Gasteiger charge is -2.27. The minimum absolute atomic E-state index is 0.196. The van der Waals surface area contributed by atoms with Crippen LogP contribution in [0.5, 0.6) is 0 Å². The molecule has 1 aliphatic rings. The molecule has 0 aromatic heterocycles. The van der Waals surface area contributed by atoms with E-state index in [9.17, 15) is 4.79 Å². The molecule has 0 amide bonds. The monoisotopic (exact) mass is 271 g/mol. The number of ether oxygens (including phenoxy) is 2. The third-order valence-corrected chi connectivity index (χ3v) is 4.10. The molecule has 1 unspecified atom stereocenters. The summed E-state index contributed by atoms with van der Waals surface area (Å²) in [5.41, 5.74) is -0.636. The van der Waals surface area contributed by atoms with Crippen molar-refractivity contribution >= 4 is 5.97 Å². The average Bonchev–Trinajstić information content (AvgIpc) is 2.44. The van der Waals surface area contributed by atoms with Crippen molar-refractivity contribution < 1.29 is 14.3 Å². The number of nitrogens with one attached hydrogen (secondary N) is 1. The van der Waals surface area contributed by atoms with Crippen LogP contribution in [0.2, 0.25) is 0 Å². The van der Waals surface area contributed by atoms with Crippen LogP contribution >= 0.6 is 0 Å². The van der Waals surface area contributed by atoms with Crippen LogP contribution < -0.4 is 5.32 Å². The van der Waals surface area contributed by atoms with E-state index in [-0.39, 0.29) is 5.97 Å². The zero-order valence-electron chi connectivity index (χ0n) is 12.7. The summed E-state index contributed by atoms with van der Waals surface area (Å²) < 4.78 is 10.8. The standard InChI is InChI=1S/C15H29NO3/c1-4-19-14(17)15(2,16-3)10-11-18-12-13-8-6-5-7-9-13/h13,16H,4-12H2,1-3H3. The molecule has 0 bridgehead atoms. The third-order valence-electron chi connectivity index (χ3n) is 4.10. The molecule has 0 radical (unpaired) electrons. The van der Waals surface area contributed by atoms with E-state index in [1.54, 1.807) is 7.05 Å². The Morgan fingerprint density at radius 1 is 1.32 bits per heavy atom. The van der Waals surface area contributed by atoms with Crippen LogP contribution in [0.15, 0.2) is 0 Å². The van der Waals surface area contributed by atoms with Crippen molar-refractivity contribution in [3.8, 4) is 0 Å². The van der Waals surface area contributed by atoms with Gasteiger partial charge in [0.05, 0.1) is 6.61 Å². The summed E-state index contributed by atoms with van der Waals surface area (Å²) in [6.45, 7) is 5.55. The lowest BCUT2D eigenvalue weighted by molar-refractivity contribution is -0.151. The summed E-state index contributed by atoms with van der Waals surface area (Å²) >= 11 is 0. The van der Waals surface area contributed by atoms with Crippen molar-refractivity contribution in [1.29, 1.82) is 0 Å². The van der Waals surface area contributed by atoms with Crippen LogP contribution in [-0.2, 0) is 14.3 Å². The number of carbonyl (C=O) groups is 1. The van der Waals surface area contributed by atoms with Crippen molar-refractivity contribution in [2.24, 2.45) is 5.92 Å². The second-order valence-electron chi connectivity index (χ2n) is 5.63. The van der Waals surface area contributed by atoms with E-state index in [0.717, 1.165) is 12.5 Å². The SMILES string of the molecule is CCOC(=O)C(C)(CCOCC1CCCCC1)NC. The Labute approximate surface area is 117 Å². The molecule has 1 fully saturated rings. The highest BCUT2D eigenvalue weighted by Gasteiger charge is 2.32. The minimum Gasteiger partial charge on any atom is -0.465 e. The van der Waals surface area contributed by atoms with E-state index in [1.165, 1.54) is 32.1 Å². The molecule has 4 nitrogen and oxygen atoms in total. The second kappa shape index (κ2) is 8.54. The predicted octanol–water partition coefficient (Wildman–Crippen LogP) is 2.51. The van der Waals surface area contributed by atoms with Gasteiger partial charge >= 0.3 is 5.97 Å². The van der Waals surface area contributed by atoms with Gasteiger partial charge in [0.15, 0.2) is 0 Å². The topological polar surface area (TPSA) is 47.6 Å². The van der Waals surface area contributed by atoms with Gasteiger partial charge in [-0.2, -0.15) is 0 Å². The number of carbonyl (C=O) groups excluding carboxylic acids is 1. The molecule has 0 aromatic rings. The predicted molar refractivity (Wildman–Crippen MR) is 76.1 cm³/mol. The van der Waals surface area contributed by atoms with Gasteiger partial charge in [-0.1, -0.05) is 19.3 Å². The van der Waals surface area contributed by atoms with Crippen LogP contribution in [0.3, 0.4) is 0 Å². The van der Waals surface area contributed by atoms with Crippen molar-refractivity contribution in [3.05, 3.63) is 0 Å². The second-order valence-corrected chi connectivity index (χ2v) is 5.63. The van der Waals surface area contributed by atoms with E-state index >= 15 is 0 Å². The summed E-state index contributed by atoms with van der Waals surface area (Å²) in [5.74, 6) is 0.524. The fraction of sp³-hybridized carbons (Fsp3) is 0.933. The van der Waals surface area contributed by atoms with Gasteiger partial charge in [0.1, 0.15) is 5.54 Å². The molecular weight excluding hydrogens is 242 g/mol. The normalized spacial score (nSPS) is 19.9. The molecule has 1 rings (SSSR count). The molecule has 112 valence electrons. The van der Waals surface area contributed by atoms with Gasteiger partial charge < -0.3 is 14.8 Å². The van der Waals surface area contributed by atoms with Crippen LogP contribution in [0.4, 0.5) is 0 Å². The highest BCUT2D eigenvalue weighted by molar-refractivity contribution is 5.80. The summed E-state index contributed by atoms with van der Waals surface area (Å²) in [6.07, 6.45) is 7.28. The molecule has 19 heavy (non-hydrogen) atoms. The Hall–Kier alpha value is -0.610. The van der Waals surface area contributed by atoms with Crippen LogP contribution in [0, 0.1) is 5.92 Å². The van der Waals surface area contributed by atoms with Crippen LogP contribution in [0.25, 0.3) is 0 Å². The van der Waals surface area contributed by atoms with E-state index < -0.39 is 5.54 Å². The number of esters is 1. The molecule has 4 heteroatoms. The fourth-order valence-corrected chi connectivity index (χ4v) is 2.50. The van der Waals surface area contributed by atoms with Gasteiger partial charge in [0.2, 0.25) is 0 Å². The van der Waals surface area contributed by atoms with E-state index in [2.05, 4.69) is 5.32 Å². The smallest absolute Gasteiger partial charge is 0.326 e. The molecule has 1 saturated carbocycles. The third kappa shape index (κ3) is 5.49. The lowest BCUT2D eigenvalue weighted by Crippen LogP contribution is -2.49. The van der Waals surface area contributed by atoms with Gasteiger partial charge in [-0.05, 0) is 46.1 Å². The van der Waals surface area contributed by atoms with Gasteiger partial charge in [-0.15, -0.1) is 0 Å². The first-order valence-electron chi connectivity index (χ1n) is 7.56. The Morgan fingerprint density at radius 3 is 2.58 bits per heavy atom. The van der Waals surface area contributed by atoms with Gasteiger partial charge in [-0.3, -0.25) is 4.79 Å². The molecule has 0 spiro atoms. The molecule has 0 saturated heterocycles. The zero-order valence-corrected chi connectivity index (χ0v) is 12.7. The van der Waals surface area contributed by atoms with Gasteiger partial charge in [-0.25, -0.2) is 0 Å².